The van der Waals surface area contributed by atoms with Crippen LogP contribution in [0.3, 0.4) is 0 Å². The van der Waals surface area contributed by atoms with Crippen LogP contribution in [-0.4, -0.2) is 52.9 Å². The number of rotatable bonds is 11. The first-order valence-corrected chi connectivity index (χ1v) is 5.85. The fourth-order valence-corrected chi connectivity index (χ4v) is 1.37. The van der Waals surface area contributed by atoms with Gasteiger partial charge in [-0.05, 0) is 6.92 Å². The third-order valence-electron chi connectivity index (χ3n) is 2.32. The maximum Gasteiger partial charge on any atom is 0.158 e. The summed E-state index contributed by atoms with van der Waals surface area (Å²) in [6.07, 6.45) is 0.511. The highest BCUT2D eigenvalue weighted by Gasteiger charge is 2.13. The first-order chi connectivity index (χ1) is 8.13. The second kappa shape index (κ2) is 10.7. The predicted octanol–water partition coefficient (Wildman–Crippen LogP) is 0.505. The Hall–Kier alpha value is -0.460. The molecule has 0 spiro atoms. The van der Waals surface area contributed by atoms with Crippen LogP contribution in [0.2, 0.25) is 0 Å². The average molecular weight is 246 g/mol. The molecule has 0 aromatic rings. The Bertz CT molecular complexity index is 196. The van der Waals surface area contributed by atoms with E-state index in [9.17, 15) is 0 Å². The number of ether oxygens (including phenoxy) is 3. The van der Waals surface area contributed by atoms with Gasteiger partial charge in [-0.15, -0.1) is 0 Å². The van der Waals surface area contributed by atoms with Crippen molar-refractivity contribution in [3.05, 3.63) is 12.2 Å². The summed E-state index contributed by atoms with van der Waals surface area (Å²) < 4.78 is 15.6. The largest absolute Gasteiger partial charge is 0.376 e. The highest BCUT2D eigenvalue weighted by Crippen LogP contribution is 2.01. The molecule has 17 heavy (non-hydrogen) atoms. The molecule has 0 aromatic heterocycles. The predicted molar refractivity (Wildman–Crippen MR) is 68.9 cm³/mol. The zero-order valence-corrected chi connectivity index (χ0v) is 11.2. The lowest BCUT2D eigenvalue weighted by atomic mass is 10.2. The molecule has 3 N–H and O–H groups in total. The Morgan fingerprint density at radius 2 is 2.00 bits per heavy atom. The molecular weight excluding hydrogens is 220 g/mol. The van der Waals surface area contributed by atoms with Gasteiger partial charge in [0.2, 0.25) is 0 Å². The first-order valence-electron chi connectivity index (χ1n) is 5.85. The molecule has 1 atom stereocenters. The molecule has 0 saturated carbocycles. The van der Waals surface area contributed by atoms with Crippen LogP contribution in [0.1, 0.15) is 13.3 Å². The van der Waals surface area contributed by atoms with Crippen LogP contribution in [0.25, 0.3) is 0 Å². The van der Waals surface area contributed by atoms with E-state index in [2.05, 4.69) is 11.9 Å². The molecule has 0 aromatic carbocycles. The molecule has 102 valence electrons. The molecule has 0 saturated heterocycles. The van der Waals surface area contributed by atoms with Crippen molar-refractivity contribution in [2.45, 2.75) is 25.7 Å². The average Bonchev–Trinajstić information content (AvgIpc) is 2.32. The number of nitrogens with two attached hydrogens (primary N) is 1. The Morgan fingerprint density at radius 1 is 1.35 bits per heavy atom. The number of hydrogen-bond donors (Lipinski definition) is 2. The third-order valence-corrected chi connectivity index (χ3v) is 2.32. The summed E-state index contributed by atoms with van der Waals surface area (Å²) in [4.78, 5) is 0. The van der Waals surface area contributed by atoms with Crippen molar-refractivity contribution in [2.24, 2.45) is 5.73 Å². The van der Waals surface area contributed by atoms with Crippen LogP contribution in [0.15, 0.2) is 12.2 Å². The van der Waals surface area contributed by atoms with Crippen LogP contribution in [0, 0.1) is 0 Å². The van der Waals surface area contributed by atoms with E-state index >= 15 is 0 Å². The minimum absolute atomic E-state index is 0.174. The lowest BCUT2D eigenvalue weighted by Crippen LogP contribution is -2.41. The molecule has 1 unspecified atom stereocenters. The number of methoxy groups -OCH3 is 2. The van der Waals surface area contributed by atoms with Crippen molar-refractivity contribution in [3.8, 4) is 0 Å². The third kappa shape index (κ3) is 9.26. The molecule has 0 aliphatic heterocycles. The van der Waals surface area contributed by atoms with Crippen molar-refractivity contribution in [2.75, 3.05) is 40.5 Å². The molecule has 0 radical (unpaired) electrons. The highest BCUT2D eigenvalue weighted by atomic mass is 16.7. The van der Waals surface area contributed by atoms with Crippen LogP contribution < -0.4 is 11.1 Å². The van der Waals surface area contributed by atoms with Gasteiger partial charge in [0, 0.05) is 39.8 Å². The van der Waals surface area contributed by atoms with E-state index in [-0.39, 0.29) is 12.3 Å². The zero-order chi connectivity index (χ0) is 13.1. The maximum atomic E-state index is 5.66. The lowest BCUT2D eigenvalue weighted by molar-refractivity contribution is -0.110. The Morgan fingerprint density at radius 3 is 2.47 bits per heavy atom. The van der Waals surface area contributed by atoms with E-state index < -0.39 is 0 Å². The molecule has 0 heterocycles. The van der Waals surface area contributed by atoms with Crippen molar-refractivity contribution >= 4 is 0 Å². The molecule has 0 aliphatic carbocycles. The monoisotopic (exact) mass is 246 g/mol. The maximum absolute atomic E-state index is 5.66. The standard InChI is InChI=1S/C12H26N2O3/c1-10(2)9-17-6-5-14-11(8-13)7-12(15-3)16-4/h11-12,14H,1,5-9,13H2,2-4H3. The van der Waals surface area contributed by atoms with Gasteiger partial charge in [0.05, 0.1) is 13.2 Å². The summed E-state index contributed by atoms with van der Waals surface area (Å²) in [6, 6.07) is 0.174. The van der Waals surface area contributed by atoms with E-state index in [4.69, 9.17) is 19.9 Å². The van der Waals surface area contributed by atoms with E-state index in [0.717, 1.165) is 18.5 Å². The van der Waals surface area contributed by atoms with Gasteiger partial charge >= 0.3 is 0 Å². The second-order valence-corrected chi connectivity index (χ2v) is 4.03. The fourth-order valence-electron chi connectivity index (χ4n) is 1.37. The van der Waals surface area contributed by atoms with Crippen molar-refractivity contribution in [1.29, 1.82) is 0 Å². The van der Waals surface area contributed by atoms with Gasteiger partial charge in [0.15, 0.2) is 6.29 Å². The molecule has 0 aliphatic rings. The van der Waals surface area contributed by atoms with Crippen LogP contribution in [0.4, 0.5) is 0 Å². The SMILES string of the molecule is C=C(C)COCCNC(CN)CC(OC)OC. The molecule has 0 fully saturated rings. The van der Waals surface area contributed by atoms with Gasteiger partial charge in [-0.1, -0.05) is 12.2 Å². The van der Waals surface area contributed by atoms with Gasteiger partial charge in [0.1, 0.15) is 0 Å². The van der Waals surface area contributed by atoms with Crippen LogP contribution in [0.5, 0.6) is 0 Å². The minimum Gasteiger partial charge on any atom is -0.376 e. The van der Waals surface area contributed by atoms with Gasteiger partial charge in [-0.25, -0.2) is 0 Å². The zero-order valence-electron chi connectivity index (χ0n) is 11.2. The normalized spacial score (nSPS) is 13.0. The minimum atomic E-state index is -0.215. The first kappa shape index (κ1) is 16.5. The number of nitrogens with one attached hydrogen (secondary N) is 1. The summed E-state index contributed by atoms with van der Waals surface area (Å²) in [5.74, 6) is 0. The summed E-state index contributed by atoms with van der Waals surface area (Å²) in [7, 11) is 3.25. The summed E-state index contributed by atoms with van der Waals surface area (Å²) >= 11 is 0. The van der Waals surface area contributed by atoms with Gasteiger partial charge in [-0.2, -0.15) is 0 Å². The van der Waals surface area contributed by atoms with E-state index in [1.165, 1.54) is 0 Å². The quantitative estimate of drug-likeness (QED) is 0.316. The smallest absolute Gasteiger partial charge is 0.158 e. The van der Waals surface area contributed by atoms with Gasteiger partial charge < -0.3 is 25.3 Å². The Kier molecular flexibility index (Phi) is 10.4. The lowest BCUT2D eigenvalue weighted by Gasteiger charge is -2.21. The molecule has 0 bridgehead atoms. The molecule has 5 nitrogen and oxygen atoms in total. The Labute approximate surface area is 104 Å². The van der Waals surface area contributed by atoms with Gasteiger partial charge in [-0.3, -0.25) is 0 Å². The summed E-state index contributed by atoms with van der Waals surface area (Å²) in [6.45, 7) is 8.27. The van der Waals surface area contributed by atoms with E-state index in [0.29, 0.717) is 19.8 Å². The molecule has 0 rings (SSSR count). The van der Waals surface area contributed by atoms with E-state index in [1.54, 1.807) is 14.2 Å². The summed E-state index contributed by atoms with van der Waals surface area (Å²) in [5.41, 5.74) is 6.69. The number of hydrogen-bond acceptors (Lipinski definition) is 5. The van der Waals surface area contributed by atoms with Crippen LogP contribution >= 0.6 is 0 Å². The molecule has 5 heteroatoms. The topological polar surface area (TPSA) is 65.7 Å². The summed E-state index contributed by atoms with van der Waals surface area (Å²) in [5, 5.41) is 3.30. The fraction of sp³-hybridized carbons (Fsp3) is 0.833. The van der Waals surface area contributed by atoms with Crippen molar-refractivity contribution in [1.82, 2.24) is 5.32 Å². The van der Waals surface area contributed by atoms with Crippen molar-refractivity contribution in [3.63, 3.8) is 0 Å². The van der Waals surface area contributed by atoms with Crippen LogP contribution in [-0.2, 0) is 14.2 Å². The van der Waals surface area contributed by atoms with E-state index in [1.807, 2.05) is 6.92 Å². The second-order valence-electron chi connectivity index (χ2n) is 4.03. The van der Waals surface area contributed by atoms with Crippen molar-refractivity contribution < 1.29 is 14.2 Å². The Balaban J connectivity index is 3.63. The highest BCUT2D eigenvalue weighted by molar-refractivity contribution is 4.87. The molecular formula is C12H26N2O3. The molecule has 0 amide bonds. The van der Waals surface area contributed by atoms with Gasteiger partial charge in [0.25, 0.3) is 0 Å².